The number of nitrogens with zero attached hydrogens (tertiary/aromatic N) is 2. The van der Waals surface area contributed by atoms with Crippen LogP contribution in [0, 0.1) is 6.92 Å². The minimum absolute atomic E-state index is 0.244. The molecule has 1 aromatic carbocycles. The van der Waals surface area contributed by atoms with Gasteiger partial charge >= 0.3 is 0 Å². The summed E-state index contributed by atoms with van der Waals surface area (Å²) >= 11 is 0. The lowest BCUT2D eigenvalue weighted by atomic mass is 10.2. The van der Waals surface area contributed by atoms with Crippen molar-refractivity contribution in [2.75, 3.05) is 32.7 Å². The molecule has 128 valence electrons. The molecule has 0 aliphatic carbocycles. The molecule has 24 heavy (non-hydrogen) atoms. The second-order valence-electron chi connectivity index (χ2n) is 5.14. The van der Waals surface area contributed by atoms with Crippen LogP contribution in [0.1, 0.15) is 21.9 Å². The smallest absolute Gasteiger partial charge is 0.270 e. The Balaban J connectivity index is 1.97. The topological polar surface area (TPSA) is 85.4 Å². The SMILES string of the molecule is COCCNc1cc(C(=O)NCc2ccc(OC)cc2)nc(C)n1. The quantitative estimate of drug-likeness (QED) is 0.718. The number of aromatic nitrogens is 2. The molecule has 0 bridgehead atoms. The minimum Gasteiger partial charge on any atom is -0.497 e. The van der Waals surface area contributed by atoms with Crippen molar-refractivity contribution >= 4 is 11.7 Å². The van der Waals surface area contributed by atoms with E-state index in [1.807, 2.05) is 24.3 Å². The molecule has 0 saturated carbocycles. The van der Waals surface area contributed by atoms with Crippen LogP contribution in [0.3, 0.4) is 0 Å². The molecule has 0 radical (unpaired) electrons. The van der Waals surface area contributed by atoms with Gasteiger partial charge in [-0.3, -0.25) is 4.79 Å². The van der Waals surface area contributed by atoms with Crippen molar-refractivity contribution in [2.24, 2.45) is 0 Å². The second kappa shape index (κ2) is 8.83. The van der Waals surface area contributed by atoms with Crippen molar-refractivity contribution < 1.29 is 14.3 Å². The van der Waals surface area contributed by atoms with Gasteiger partial charge in [0, 0.05) is 26.3 Å². The summed E-state index contributed by atoms with van der Waals surface area (Å²) < 4.78 is 10.1. The van der Waals surface area contributed by atoms with Gasteiger partial charge in [0.05, 0.1) is 13.7 Å². The zero-order valence-corrected chi connectivity index (χ0v) is 14.1. The monoisotopic (exact) mass is 330 g/mol. The third kappa shape index (κ3) is 5.20. The summed E-state index contributed by atoms with van der Waals surface area (Å²) in [6.45, 7) is 3.34. The van der Waals surface area contributed by atoms with Crippen LogP contribution in [0.2, 0.25) is 0 Å². The highest BCUT2D eigenvalue weighted by Crippen LogP contribution is 2.11. The van der Waals surface area contributed by atoms with E-state index in [2.05, 4.69) is 20.6 Å². The molecule has 7 nitrogen and oxygen atoms in total. The standard InChI is InChI=1S/C17H22N4O3/c1-12-20-15(10-16(21-12)18-8-9-23-2)17(22)19-11-13-4-6-14(24-3)7-5-13/h4-7,10H,8-9,11H2,1-3H3,(H,19,22)(H,18,20,21). The fourth-order valence-corrected chi connectivity index (χ4v) is 2.07. The first-order valence-electron chi connectivity index (χ1n) is 7.62. The fraction of sp³-hybridized carbons (Fsp3) is 0.353. The Morgan fingerprint density at radius 3 is 2.58 bits per heavy atom. The highest BCUT2D eigenvalue weighted by atomic mass is 16.5. The van der Waals surface area contributed by atoms with E-state index in [4.69, 9.17) is 9.47 Å². The van der Waals surface area contributed by atoms with Crippen LogP contribution in [0.25, 0.3) is 0 Å². The predicted octanol–water partition coefficient (Wildman–Crippen LogP) is 1.78. The van der Waals surface area contributed by atoms with Crippen LogP contribution in [0.5, 0.6) is 5.75 Å². The number of hydrogen-bond donors (Lipinski definition) is 2. The van der Waals surface area contributed by atoms with Gasteiger partial charge in [-0.15, -0.1) is 0 Å². The third-order valence-electron chi connectivity index (χ3n) is 3.30. The minimum atomic E-state index is -0.244. The zero-order valence-electron chi connectivity index (χ0n) is 14.1. The Hall–Kier alpha value is -2.67. The Kier molecular flexibility index (Phi) is 6.51. The first-order chi connectivity index (χ1) is 11.6. The largest absolute Gasteiger partial charge is 0.497 e. The summed E-state index contributed by atoms with van der Waals surface area (Å²) in [6, 6.07) is 9.15. The first-order valence-corrected chi connectivity index (χ1v) is 7.62. The normalized spacial score (nSPS) is 10.3. The van der Waals surface area contributed by atoms with Crippen LogP contribution in [0.4, 0.5) is 5.82 Å². The molecule has 1 aromatic heterocycles. The van der Waals surface area contributed by atoms with Gasteiger partial charge in [-0.05, 0) is 24.6 Å². The fourth-order valence-electron chi connectivity index (χ4n) is 2.07. The van der Waals surface area contributed by atoms with Crippen molar-refractivity contribution in [3.05, 3.63) is 47.4 Å². The maximum absolute atomic E-state index is 12.3. The molecule has 0 atom stereocenters. The Labute approximate surface area is 141 Å². The number of methoxy groups -OCH3 is 2. The van der Waals surface area contributed by atoms with E-state index in [1.54, 1.807) is 27.2 Å². The molecule has 2 aromatic rings. The number of amides is 1. The van der Waals surface area contributed by atoms with Gasteiger partial charge in [0.1, 0.15) is 23.1 Å². The molecule has 1 amide bonds. The molecular weight excluding hydrogens is 308 g/mol. The molecule has 0 saturated heterocycles. The summed E-state index contributed by atoms with van der Waals surface area (Å²) in [7, 11) is 3.25. The van der Waals surface area contributed by atoms with Crippen LogP contribution in [-0.2, 0) is 11.3 Å². The predicted molar refractivity (Wildman–Crippen MR) is 91.3 cm³/mol. The van der Waals surface area contributed by atoms with E-state index in [0.717, 1.165) is 11.3 Å². The van der Waals surface area contributed by atoms with Gasteiger partial charge in [0.15, 0.2) is 0 Å². The molecule has 7 heteroatoms. The summed E-state index contributed by atoms with van der Waals surface area (Å²) in [5.41, 5.74) is 1.31. The molecule has 0 aliphatic rings. The Morgan fingerprint density at radius 2 is 1.92 bits per heavy atom. The van der Waals surface area contributed by atoms with Gasteiger partial charge in [-0.2, -0.15) is 0 Å². The molecule has 2 N–H and O–H groups in total. The number of carbonyl (C=O) groups excluding carboxylic acids is 1. The van der Waals surface area contributed by atoms with Gasteiger partial charge in [0.25, 0.3) is 5.91 Å². The molecule has 0 fully saturated rings. The van der Waals surface area contributed by atoms with Crippen LogP contribution in [-0.4, -0.2) is 43.2 Å². The number of rotatable bonds is 8. The van der Waals surface area contributed by atoms with Crippen molar-refractivity contribution in [1.29, 1.82) is 0 Å². The summed E-state index contributed by atoms with van der Waals surface area (Å²) in [4.78, 5) is 20.7. The van der Waals surface area contributed by atoms with Gasteiger partial charge in [-0.1, -0.05) is 12.1 Å². The van der Waals surface area contributed by atoms with Gasteiger partial charge in [0.2, 0.25) is 0 Å². The van der Waals surface area contributed by atoms with Crippen molar-refractivity contribution in [2.45, 2.75) is 13.5 Å². The van der Waals surface area contributed by atoms with E-state index in [0.29, 0.717) is 37.0 Å². The number of benzene rings is 1. The van der Waals surface area contributed by atoms with E-state index >= 15 is 0 Å². The maximum Gasteiger partial charge on any atom is 0.270 e. The van der Waals surface area contributed by atoms with Crippen molar-refractivity contribution in [1.82, 2.24) is 15.3 Å². The molecule has 1 heterocycles. The van der Waals surface area contributed by atoms with Gasteiger partial charge < -0.3 is 20.1 Å². The lowest BCUT2D eigenvalue weighted by molar-refractivity contribution is 0.0945. The van der Waals surface area contributed by atoms with Crippen LogP contribution >= 0.6 is 0 Å². The highest BCUT2D eigenvalue weighted by molar-refractivity contribution is 5.92. The van der Waals surface area contributed by atoms with Crippen LogP contribution < -0.4 is 15.4 Å². The van der Waals surface area contributed by atoms with Gasteiger partial charge in [-0.25, -0.2) is 9.97 Å². The average Bonchev–Trinajstić information content (AvgIpc) is 2.60. The van der Waals surface area contributed by atoms with Crippen molar-refractivity contribution in [3.8, 4) is 5.75 Å². The van der Waals surface area contributed by atoms with E-state index in [9.17, 15) is 4.79 Å². The van der Waals surface area contributed by atoms with E-state index < -0.39 is 0 Å². The zero-order chi connectivity index (χ0) is 17.4. The molecule has 0 spiro atoms. The number of aryl methyl sites for hydroxylation is 1. The molecule has 2 rings (SSSR count). The summed E-state index contributed by atoms with van der Waals surface area (Å²) in [6.07, 6.45) is 0. The second-order valence-corrected chi connectivity index (χ2v) is 5.14. The Morgan fingerprint density at radius 1 is 1.17 bits per heavy atom. The number of hydrogen-bond acceptors (Lipinski definition) is 6. The number of ether oxygens (including phenoxy) is 2. The molecule has 0 unspecified atom stereocenters. The lowest BCUT2D eigenvalue weighted by Crippen LogP contribution is -2.24. The molecular formula is C17H22N4O3. The van der Waals surface area contributed by atoms with E-state index in [1.165, 1.54) is 0 Å². The first kappa shape index (κ1) is 17.7. The number of nitrogens with one attached hydrogen (secondary N) is 2. The Bertz CT molecular complexity index is 674. The maximum atomic E-state index is 12.3. The summed E-state index contributed by atoms with van der Waals surface area (Å²) in [5.74, 6) is 1.68. The number of carbonyl (C=O) groups is 1. The lowest BCUT2D eigenvalue weighted by Gasteiger charge is -2.09. The third-order valence-corrected chi connectivity index (χ3v) is 3.30. The average molecular weight is 330 g/mol. The van der Waals surface area contributed by atoms with E-state index in [-0.39, 0.29) is 5.91 Å². The highest BCUT2D eigenvalue weighted by Gasteiger charge is 2.10. The van der Waals surface area contributed by atoms with Crippen LogP contribution in [0.15, 0.2) is 30.3 Å². The summed E-state index contributed by atoms with van der Waals surface area (Å²) in [5, 5.41) is 5.95. The number of anilines is 1. The van der Waals surface area contributed by atoms with Crippen molar-refractivity contribution in [3.63, 3.8) is 0 Å². The molecule has 0 aliphatic heterocycles.